The quantitative estimate of drug-likeness (QED) is 0.534. The molecule has 0 radical (unpaired) electrons. The van der Waals surface area contributed by atoms with E-state index in [0.29, 0.717) is 0 Å². The molecular formula is C23H18N2O. The van der Waals surface area contributed by atoms with Crippen LogP contribution in [-0.2, 0) is 4.79 Å². The smallest absolute Gasteiger partial charge is 0.241 e. The third-order valence-corrected chi connectivity index (χ3v) is 4.39. The first kappa shape index (κ1) is 15.9. The summed E-state index contributed by atoms with van der Waals surface area (Å²) in [6, 6.07) is 28.6. The van der Waals surface area contributed by atoms with Gasteiger partial charge in [-0.1, -0.05) is 66.7 Å². The second kappa shape index (κ2) is 6.73. The predicted molar refractivity (Wildman–Crippen MR) is 107 cm³/mol. The molecule has 0 spiro atoms. The van der Waals surface area contributed by atoms with Crippen LogP contribution in [0.15, 0.2) is 91.0 Å². The van der Waals surface area contributed by atoms with Crippen LogP contribution in [0, 0.1) is 0 Å². The number of nitrogens with two attached hydrogens (primary N) is 1. The summed E-state index contributed by atoms with van der Waals surface area (Å²) in [5, 5.41) is 1.08. The molecule has 3 heteroatoms. The second-order valence-corrected chi connectivity index (χ2v) is 6.05. The molecule has 0 unspecified atom stereocenters. The molecule has 26 heavy (non-hydrogen) atoms. The molecule has 126 valence electrons. The van der Waals surface area contributed by atoms with Gasteiger partial charge in [0.1, 0.15) is 0 Å². The van der Waals surface area contributed by atoms with E-state index in [1.165, 1.54) is 6.08 Å². The van der Waals surface area contributed by atoms with Gasteiger partial charge < -0.3 is 10.3 Å². The lowest BCUT2D eigenvalue weighted by atomic mass is 10.0. The van der Waals surface area contributed by atoms with Gasteiger partial charge in [0.05, 0.1) is 11.2 Å². The lowest BCUT2D eigenvalue weighted by molar-refractivity contribution is -0.113. The Bertz CT molecular complexity index is 1090. The highest BCUT2D eigenvalue weighted by molar-refractivity contribution is 6.02. The predicted octanol–water partition coefficient (Wildman–Crippen LogP) is 4.80. The molecule has 0 saturated heterocycles. The Morgan fingerprint density at radius 1 is 0.808 bits per heavy atom. The number of carbonyl (C=O) groups excluding carboxylic acids is 1. The Labute approximate surface area is 152 Å². The lowest BCUT2D eigenvalue weighted by Crippen LogP contribution is -2.05. The first-order valence-electron chi connectivity index (χ1n) is 8.47. The summed E-state index contributed by atoms with van der Waals surface area (Å²) in [5.41, 5.74) is 10.6. The molecule has 3 aromatic carbocycles. The standard InChI is InChI=1S/C23H18N2O/c24-22(26)16-15-20-19-13-7-8-14-21(19)25(18-11-5-2-6-12-18)23(20)17-9-3-1-4-10-17/h1-16H,(H2,24,26). The van der Waals surface area contributed by atoms with Crippen molar-refractivity contribution in [1.29, 1.82) is 0 Å². The molecule has 0 aliphatic heterocycles. The van der Waals surface area contributed by atoms with E-state index < -0.39 is 5.91 Å². The highest BCUT2D eigenvalue weighted by Gasteiger charge is 2.17. The maximum Gasteiger partial charge on any atom is 0.241 e. The van der Waals surface area contributed by atoms with Crippen LogP contribution in [0.1, 0.15) is 5.56 Å². The summed E-state index contributed by atoms with van der Waals surface area (Å²) in [6.07, 6.45) is 3.23. The number of hydrogen-bond acceptors (Lipinski definition) is 1. The van der Waals surface area contributed by atoms with Crippen molar-refractivity contribution in [3.05, 3.63) is 96.6 Å². The van der Waals surface area contributed by atoms with Gasteiger partial charge in [0.15, 0.2) is 0 Å². The number of fused-ring (bicyclic) bond motifs is 1. The minimum absolute atomic E-state index is 0.458. The van der Waals surface area contributed by atoms with Gasteiger partial charge in [-0.05, 0) is 29.8 Å². The zero-order valence-electron chi connectivity index (χ0n) is 14.2. The van der Waals surface area contributed by atoms with Gasteiger partial charge in [0.2, 0.25) is 5.91 Å². The summed E-state index contributed by atoms with van der Waals surface area (Å²) >= 11 is 0. The molecular weight excluding hydrogens is 320 g/mol. The van der Waals surface area contributed by atoms with Crippen LogP contribution >= 0.6 is 0 Å². The fraction of sp³-hybridized carbons (Fsp3) is 0. The van der Waals surface area contributed by atoms with Crippen LogP contribution in [0.5, 0.6) is 0 Å². The highest BCUT2D eigenvalue weighted by Crippen LogP contribution is 2.37. The molecule has 0 bridgehead atoms. The van der Waals surface area contributed by atoms with E-state index in [2.05, 4.69) is 41.0 Å². The number of nitrogens with zero attached hydrogens (tertiary/aromatic N) is 1. The monoisotopic (exact) mass is 338 g/mol. The first-order chi connectivity index (χ1) is 12.8. The normalized spacial score (nSPS) is 11.2. The number of aromatic nitrogens is 1. The third-order valence-electron chi connectivity index (χ3n) is 4.39. The molecule has 0 fully saturated rings. The van der Waals surface area contributed by atoms with Crippen LogP contribution in [0.25, 0.3) is 33.9 Å². The van der Waals surface area contributed by atoms with E-state index in [9.17, 15) is 4.79 Å². The number of rotatable bonds is 4. The average molecular weight is 338 g/mol. The number of amides is 1. The average Bonchev–Trinajstić information content (AvgIpc) is 3.02. The molecule has 1 aromatic heterocycles. The Kier molecular flexibility index (Phi) is 4.12. The van der Waals surface area contributed by atoms with Gasteiger partial charge >= 0.3 is 0 Å². The van der Waals surface area contributed by atoms with Crippen molar-refractivity contribution in [2.45, 2.75) is 0 Å². The summed E-state index contributed by atoms with van der Waals surface area (Å²) in [4.78, 5) is 11.4. The van der Waals surface area contributed by atoms with E-state index in [0.717, 1.165) is 33.4 Å². The van der Waals surface area contributed by atoms with Gasteiger partial charge in [-0.3, -0.25) is 4.79 Å². The van der Waals surface area contributed by atoms with Crippen LogP contribution in [0.4, 0.5) is 0 Å². The summed E-state index contributed by atoms with van der Waals surface area (Å²) in [5.74, 6) is -0.458. The molecule has 0 saturated carbocycles. The Morgan fingerprint density at radius 2 is 1.42 bits per heavy atom. The summed E-state index contributed by atoms with van der Waals surface area (Å²) in [7, 11) is 0. The largest absolute Gasteiger partial charge is 0.366 e. The Hall–Kier alpha value is -3.59. The van der Waals surface area contributed by atoms with Crippen molar-refractivity contribution in [1.82, 2.24) is 4.57 Å². The van der Waals surface area contributed by atoms with Crippen molar-refractivity contribution in [2.75, 3.05) is 0 Å². The molecule has 0 aliphatic carbocycles. The minimum atomic E-state index is -0.458. The van der Waals surface area contributed by atoms with E-state index >= 15 is 0 Å². The zero-order valence-corrected chi connectivity index (χ0v) is 14.2. The van der Waals surface area contributed by atoms with Gasteiger partial charge in [-0.15, -0.1) is 0 Å². The number of primary amides is 1. The Morgan fingerprint density at radius 3 is 2.12 bits per heavy atom. The molecule has 1 amide bonds. The van der Waals surface area contributed by atoms with Crippen LogP contribution in [0.2, 0.25) is 0 Å². The van der Waals surface area contributed by atoms with Gasteiger partial charge in [0, 0.05) is 22.7 Å². The maximum absolute atomic E-state index is 11.4. The van der Waals surface area contributed by atoms with E-state index in [1.807, 2.05) is 54.6 Å². The zero-order chi connectivity index (χ0) is 17.9. The van der Waals surface area contributed by atoms with E-state index in [4.69, 9.17) is 5.73 Å². The lowest BCUT2D eigenvalue weighted by Gasteiger charge is -2.12. The second-order valence-electron chi connectivity index (χ2n) is 6.05. The van der Waals surface area contributed by atoms with Crippen LogP contribution in [-0.4, -0.2) is 10.5 Å². The van der Waals surface area contributed by atoms with Crippen molar-refractivity contribution in [2.24, 2.45) is 5.73 Å². The molecule has 0 atom stereocenters. The van der Waals surface area contributed by atoms with Crippen molar-refractivity contribution >= 4 is 22.9 Å². The topological polar surface area (TPSA) is 48.0 Å². The fourth-order valence-corrected chi connectivity index (χ4v) is 3.32. The van der Waals surface area contributed by atoms with Gasteiger partial charge in [-0.2, -0.15) is 0 Å². The fourth-order valence-electron chi connectivity index (χ4n) is 3.32. The minimum Gasteiger partial charge on any atom is -0.366 e. The van der Waals surface area contributed by atoms with E-state index in [-0.39, 0.29) is 0 Å². The van der Waals surface area contributed by atoms with Crippen molar-refractivity contribution in [3.8, 4) is 16.9 Å². The Balaban J connectivity index is 2.13. The van der Waals surface area contributed by atoms with E-state index in [1.54, 1.807) is 0 Å². The number of benzene rings is 3. The summed E-state index contributed by atoms with van der Waals surface area (Å²) in [6.45, 7) is 0. The van der Waals surface area contributed by atoms with Gasteiger partial charge in [-0.25, -0.2) is 0 Å². The molecule has 3 nitrogen and oxygen atoms in total. The SMILES string of the molecule is NC(=O)C=Cc1c(-c2ccccc2)n(-c2ccccc2)c2ccccc12. The van der Waals surface area contributed by atoms with Crippen LogP contribution in [0.3, 0.4) is 0 Å². The molecule has 1 heterocycles. The molecule has 0 aliphatic rings. The molecule has 2 N–H and O–H groups in total. The molecule has 4 rings (SSSR count). The van der Waals surface area contributed by atoms with Crippen molar-refractivity contribution < 1.29 is 4.79 Å². The number of carbonyl (C=O) groups is 1. The van der Waals surface area contributed by atoms with Crippen LogP contribution < -0.4 is 5.73 Å². The highest BCUT2D eigenvalue weighted by atomic mass is 16.1. The third kappa shape index (κ3) is 2.80. The molecule has 4 aromatic rings. The maximum atomic E-state index is 11.4. The number of hydrogen-bond donors (Lipinski definition) is 1. The summed E-state index contributed by atoms with van der Waals surface area (Å²) < 4.78 is 2.23. The van der Waals surface area contributed by atoms with Gasteiger partial charge in [0.25, 0.3) is 0 Å². The van der Waals surface area contributed by atoms with Crippen molar-refractivity contribution in [3.63, 3.8) is 0 Å². The number of para-hydroxylation sites is 2. The first-order valence-corrected chi connectivity index (χ1v) is 8.47.